The van der Waals surface area contributed by atoms with Gasteiger partial charge in [0.2, 0.25) is 0 Å². The number of nitrogens with zero attached hydrogens (tertiary/aromatic N) is 1. The number of phenols is 1. The zero-order valence-electron chi connectivity index (χ0n) is 14.3. The maximum atomic E-state index is 12.4. The molecular formula is C20H19NO4. The van der Waals surface area contributed by atoms with Crippen LogP contribution in [0.5, 0.6) is 11.5 Å². The second-order valence-corrected chi connectivity index (χ2v) is 6.45. The van der Waals surface area contributed by atoms with Crippen LogP contribution in [0.25, 0.3) is 6.08 Å². The number of hydrogen-bond acceptors (Lipinski definition) is 4. The molecule has 0 fully saturated rings. The SMILES string of the molecule is CN1C(=O)C(C)(C)Oc2cc(C(=O)/C=C/c3ccc(O)cc3)ccc21. The first kappa shape index (κ1) is 16.8. The number of anilines is 1. The van der Waals surface area contributed by atoms with Gasteiger partial charge in [0, 0.05) is 12.6 Å². The number of carbonyl (C=O) groups is 2. The van der Waals surface area contributed by atoms with Crippen molar-refractivity contribution < 1.29 is 19.4 Å². The molecule has 5 nitrogen and oxygen atoms in total. The molecule has 0 saturated carbocycles. The van der Waals surface area contributed by atoms with E-state index in [1.54, 1.807) is 74.3 Å². The van der Waals surface area contributed by atoms with Gasteiger partial charge in [-0.2, -0.15) is 0 Å². The number of benzene rings is 2. The van der Waals surface area contributed by atoms with Crippen molar-refractivity contribution in [2.45, 2.75) is 19.4 Å². The minimum Gasteiger partial charge on any atom is -0.508 e. The van der Waals surface area contributed by atoms with Crippen LogP contribution >= 0.6 is 0 Å². The van der Waals surface area contributed by atoms with Crippen LogP contribution in [0, 0.1) is 0 Å². The first-order valence-electron chi connectivity index (χ1n) is 7.90. The van der Waals surface area contributed by atoms with Crippen LogP contribution in [0.1, 0.15) is 29.8 Å². The number of rotatable bonds is 3. The molecule has 5 heteroatoms. The highest BCUT2D eigenvalue weighted by Gasteiger charge is 2.39. The number of aromatic hydroxyl groups is 1. The molecular weight excluding hydrogens is 318 g/mol. The van der Waals surface area contributed by atoms with E-state index in [9.17, 15) is 14.7 Å². The zero-order valence-corrected chi connectivity index (χ0v) is 14.3. The van der Waals surface area contributed by atoms with E-state index in [4.69, 9.17) is 4.74 Å². The summed E-state index contributed by atoms with van der Waals surface area (Å²) in [6.07, 6.45) is 3.15. The van der Waals surface area contributed by atoms with E-state index in [2.05, 4.69) is 0 Å². The van der Waals surface area contributed by atoms with Crippen LogP contribution in [-0.2, 0) is 4.79 Å². The van der Waals surface area contributed by atoms with Gasteiger partial charge in [0.1, 0.15) is 11.5 Å². The minimum absolute atomic E-state index is 0.133. The Morgan fingerprint density at radius 1 is 1.16 bits per heavy atom. The van der Waals surface area contributed by atoms with Crippen molar-refractivity contribution in [1.29, 1.82) is 0 Å². The molecule has 3 rings (SSSR count). The Morgan fingerprint density at radius 3 is 2.52 bits per heavy atom. The lowest BCUT2D eigenvalue weighted by Crippen LogP contribution is -2.50. The molecule has 0 saturated heterocycles. The Morgan fingerprint density at radius 2 is 1.84 bits per heavy atom. The second-order valence-electron chi connectivity index (χ2n) is 6.45. The average molecular weight is 337 g/mol. The predicted molar refractivity (Wildman–Crippen MR) is 96.0 cm³/mol. The molecule has 128 valence electrons. The maximum absolute atomic E-state index is 12.4. The molecule has 1 amide bonds. The lowest BCUT2D eigenvalue weighted by molar-refractivity contribution is -0.132. The van der Waals surface area contributed by atoms with Gasteiger partial charge in [-0.15, -0.1) is 0 Å². The van der Waals surface area contributed by atoms with E-state index in [0.29, 0.717) is 17.0 Å². The second kappa shape index (κ2) is 6.09. The largest absolute Gasteiger partial charge is 0.508 e. The van der Waals surface area contributed by atoms with Gasteiger partial charge < -0.3 is 14.7 Å². The molecule has 2 aromatic rings. The predicted octanol–water partition coefficient (Wildman–Crippen LogP) is 3.42. The smallest absolute Gasteiger partial charge is 0.270 e. The van der Waals surface area contributed by atoms with Gasteiger partial charge in [0.15, 0.2) is 11.4 Å². The third kappa shape index (κ3) is 3.26. The molecule has 0 aliphatic carbocycles. The third-order valence-electron chi connectivity index (χ3n) is 4.11. The molecule has 0 bridgehead atoms. The van der Waals surface area contributed by atoms with Gasteiger partial charge in [-0.3, -0.25) is 9.59 Å². The monoisotopic (exact) mass is 337 g/mol. The van der Waals surface area contributed by atoms with Crippen LogP contribution in [0.3, 0.4) is 0 Å². The molecule has 1 N–H and O–H groups in total. The average Bonchev–Trinajstić information content (AvgIpc) is 2.58. The summed E-state index contributed by atoms with van der Waals surface area (Å²) in [4.78, 5) is 26.2. The fourth-order valence-electron chi connectivity index (χ4n) is 2.71. The van der Waals surface area contributed by atoms with Gasteiger partial charge in [-0.25, -0.2) is 0 Å². The molecule has 1 aliphatic heterocycles. The summed E-state index contributed by atoms with van der Waals surface area (Å²) < 4.78 is 5.77. The van der Waals surface area contributed by atoms with Crippen molar-refractivity contribution in [3.8, 4) is 11.5 Å². The first-order chi connectivity index (χ1) is 11.8. The molecule has 1 heterocycles. The van der Waals surface area contributed by atoms with E-state index < -0.39 is 5.60 Å². The van der Waals surface area contributed by atoms with Crippen LogP contribution in [0.15, 0.2) is 48.5 Å². The van der Waals surface area contributed by atoms with Crippen LogP contribution in [-0.4, -0.2) is 29.4 Å². The highest BCUT2D eigenvalue weighted by molar-refractivity contribution is 6.08. The summed E-state index contributed by atoms with van der Waals surface area (Å²) in [6.45, 7) is 3.40. The number of fused-ring (bicyclic) bond motifs is 1. The first-order valence-corrected chi connectivity index (χ1v) is 7.90. The molecule has 0 atom stereocenters. The molecule has 2 aromatic carbocycles. The van der Waals surface area contributed by atoms with Gasteiger partial charge in [-0.1, -0.05) is 18.2 Å². The highest BCUT2D eigenvalue weighted by atomic mass is 16.5. The van der Waals surface area contributed by atoms with Gasteiger partial charge in [-0.05, 0) is 55.8 Å². The van der Waals surface area contributed by atoms with Crippen molar-refractivity contribution in [3.63, 3.8) is 0 Å². The van der Waals surface area contributed by atoms with Crippen LogP contribution in [0.2, 0.25) is 0 Å². The Labute approximate surface area is 146 Å². The molecule has 0 aromatic heterocycles. The van der Waals surface area contributed by atoms with E-state index in [1.807, 2.05) is 0 Å². The van der Waals surface area contributed by atoms with Crippen molar-refractivity contribution in [2.75, 3.05) is 11.9 Å². The number of hydrogen-bond donors (Lipinski definition) is 1. The number of likely N-dealkylation sites (N-methyl/N-ethyl adjacent to an activating group) is 1. The van der Waals surface area contributed by atoms with Crippen LogP contribution in [0.4, 0.5) is 5.69 Å². The highest BCUT2D eigenvalue weighted by Crippen LogP contribution is 2.37. The fraction of sp³-hybridized carbons (Fsp3) is 0.200. The summed E-state index contributed by atoms with van der Waals surface area (Å²) in [5, 5.41) is 9.27. The standard InChI is InChI=1S/C20H19NO4/c1-20(2)19(24)21(3)16-10-7-14(12-18(16)25-20)17(23)11-6-13-4-8-15(22)9-5-13/h4-12,22H,1-3H3/b11-6+. The molecule has 0 unspecified atom stereocenters. The van der Waals surface area contributed by atoms with Crippen molar-refractivity contribution in [2.24, 2.45) is 0 Å². The summed E-state index contributed by atoms with van der Waals surface area (Å²) >= 11 is 0. The van der Waals surface area contributed by atoms with Gasteiger partial charge in [0.05, 0.1) is 5.69 Å². The number of amides is 1. The lowest BCUT2D eigenvalue weighted by atomic mass is 10.0. The van der Waals surface area contributed by atoms with Crippen molar-refractivity contribution in [1.82, 2.24) is 0 Å². The van der Waals surface area contributed by atoms with Crippen molar-refractivity contribution >= 4 is 23.5 Å². The molecule has 0 radical (unpaired) electrons. The normalized spacial score (nSPS) is 15.8. The Balaban J connectivity index is 1.86. The van der Waals surface area contributed by atoms with Gasteiger partial charge >= 0.3 is 0 Å². The van der Waals surface area contributed by atoms with E-state index in [0.717, 1.165) is 5.56 Å². The maximum Gasteiger partial charge on any atom is 0.270 e. The number of carbonyl (C=O) groups excluding carboxylic acids is 2. The van der Waals surface area contributed by atoms with Gasteiger partial charge in [0.25, 0.3) is 5.91 Å². The number of allylic oxidation sites excluding steroid dienone is 1. The van der Waals surface area contributed by atoms with Crippen LogP contribution < -0.4 is 9.64 Å². The third-order valence-corrected chi connectivity index (χ3v) is 4.11. The molecule has 1 aliphatic rings. The van der Waals surface area contributed by atoms with E-state index in [-0.39, 0.29) is 17.4 Å². The Hall–Kier alpha value is -3.08. The summed E-state index contributed by atoms with van der Waals surface area (Å²) in [5.74, 6) is 0.385. The molecule has 0 spiro atoms. The lowest BCUT2D eigenvalue weighted by Gasteiger charge is -2.36. The number of ether oxygens (including phenoxy) is 1. The van der Waals surface area contributed by atoms with Crippen molar-refractivity contribution in [3.05, 3.63) is 59.7 Å². The topological polar surface area (TPSA) is 66.8 Å². The summed E-state index contributed by atoms with van der Waals surface area (Å²) in [7, 11) is 1.69. The zero-order chi connectivity index (χ0) is 18.2. The minimum atomic E-state index is -0.967. The fourth-order valence-corrected chi connectivity index (χ4v) is 2.71. The Bertz CT molecular complexity index is 866. The quantitative estimate of drug-likeness (QED) is 0.688. The number of ketones is 1. The number of phenolic OH excluding ortho intramolecular Hbond substituents is 1. The Kier molecular flexibility index (Phi) is 4.08. The van der Waals surface area contributed by atoms with E-state index in [1.165, 1.54) is 6.08 Å². The molecule has 25 heavy (non-hydrogen) atoms. The summed E-state index contributed by atoms with van der Waals surface area (Å²) in [5.41, 5.74) is 0.966. The summed E-state index contributed by atoms with van der Waals surface area (Å²) in [6, 6.07) is 11.6. The van der Waals surface area contributed by atoms with E-state index >= 15 is 0 Å².